The second kappa shape index (κ2) is 38.7. The Labute approximate surface area is 554 Å². The first-order chi connectivity index (χ1) is 45.4. The van der Waals surface area contributed by atoms with Crippen molar-refractivity contribution in [3.05, 3.63) is 95.1 Å². The molecule has 0 bridgehead atoms. The number of nitrogens with zero attached hydrogens (tertiary/aromatic N) is 2. The molecule has 0 radical (unpaired) electrons. The van der Waals surface area contributed by atoms with E-state index >= 15 is 0 Å². The summed E-state index contributed by atoms with van der Waals surface area (Å²) in [5.41, 5.74) is 8.15. The third kappa shape index (κ3) is 24.4. The number of imide groups is 2. The van der Waals surface area contributed by atoms with Gasteiger partial charge in [0.2, 0.25) is 23.6 Å². The third-order valence-corrected chi connectivity index (χ3v) is 14.3. The second-order valence-corrected chi connectivity index (χ2v) is 23.2. The number of aliphatic hydroxyl groups excluding tert-OH is 2. The third-order valence-electron chi connectivity index (χ3n) is 14.3. The summed E-state index contributed by atoms with van der Waals surface area (Å²) >= 11 is 0. The predicted molar refractivity (Wildman–Crippen MR) is 342 cm³/mol. The number of anilines is 4. The number of aliphatic hydroxyl groups is 2. The number of hydrogen-bond acceptors (Lipinski definition) is 24. The molecule has 4 aromatic carbocycles. The first-order valence-corrected chi connectivity index (χ1v) is 31.9. The number of ether oxygens (including phenoxy) is 8. The summed E-state index contributed by atoms with van der Waals surface area (Å²) in [6.07, 6.45) is -0.408. The van der Waals surface area contributed by atoms with Crippen LogP contribution < -0.4 is 21.3 Å². The van der Waals surface area contributed by atoms with Crippen LogP contribution in [0.4, 0.5) is 32.3 Å². The van der Waals surface area contributed by atoms with Gasteiger partial charge in [-0.05, 0) is 133 Å². The van der Waals surface area contributed by atoms with Crippen LogP contribution in [0.25, 0.3) is 22.3 Å². The Bertz CT molecular complexity index is 3260. The number of hydrogen-bond donors (Lipinski definition) is 7. The van der Waals surface area contributed by atoms with Gasteiger partial charge < -0.3 is 69.4 Å². The molecular weight excluding hydrogens is 1280 g/mol. The summed E-state index contributed by atoms with van der Waals surface area (Å²) in [6, 6.07) is 21.3. The number of methoxy groups -OCH3 is 2. The lowest BCUT2D eigenvalue weighted by atomic mass is 9.97. The van der Waals surface area contributed by atoms with Crippen molar-refractivity contribution in [2.45, 2.75) is 96.7 Å². The van der Waals surface area contributed by atoms with Crippen molar-refractivity contribution in [2.24, 2.45) is 0 Å². The maximum atomic E-state index is 12.5. The van der Waals surface area contributed by atoms with Gasteiger partial charge in [-0.1, -0.05) is 41.8 Å². The fraction of sp³-hybridized carbons (Fsp3) is 0.469. The van der Waals surface area contributed by atoms with Crippen LogP contribution >= 0.6 is 0 Å². The molecule has 4 aliphatic rings. The van der Waals surface area contributed by atoms with Gasteiger partial charge >= 0.3 is 12.3 Å². The molecule has 8 rings (SSSR count). The van der Waals surface area contributed by atoms with Crippen molar-refractivity contribution in [2.75, 3.05) is 121 Å². The number of nitrogens with one attached hydrogen (secondary N) is 4. The number of benzene rings is 4. The minimum Gasteiger partial charge on any atom is -0.432 e. The molecule has 4 aromatic rings. The molecule has 2 fully saturated rings. The monoisotopic (exact) mass is 1370 g/mol. The molecule has 32 heteroatoms. The Morgan fingerprint density at radius 1 is 0.500 bits per heavy atom. The van der Waals surface area contributed by atoms with Gasteiger partial charge in [0.25, 0.3) is 33.7 Å². The van der Waals surface area contributed by atoms with Gasteiger partial charge in [-0.3, -0.25) is 52.6 Å². The smallest absolute Gasteiger partial charge is 0.432 e. The zero-order chi connectivity index (χ0) is 69.2. The fourth-order valence-corrected chi connectivity index (χ4v) is 9.91. The van der Waals surface area contributed by atoms with E-state index < -0.39 is 57.9 Å². The lowest BCUT2D eigenvalue weighted by molar-refractivity contribution is -0.177. The second-order valence-electron chi connectivity index (χ2n) is 21.8. The summed E-state index contributed by atoms with van der Waals surface area (Å²) in [5, 5.41) is 30.1. The number of amides is 8. The maximum Gasteiger partial charge on any atom is 0.533 e. The van der Waals surface area contributed by atoms with Gasteiger partial charge in [0.05, 0.1) is 18.5 Å². The van der Waals surface area contributed by atoms with E-state index in [9.17, 15) is 56.4 Å². The fourth-order valence-electron chi connectivity index (χ4n) is 9.91. The quantitative estimate of drug-likeness (QED) is 0.0135. The van der Waals surface area contributed by atoms with Crippen LogP contribution in [-0.2, 0) is 96.0 Å². The lowest BCUT2D eigenvalue weighted by Crippen LogP contribution is -2.32. The minimum absolute atomic E-state index is 0. The number of fused-ring (bicyclic) bond motifs is 6. The Hall–Kier alpha value is -8.83. The molecule has 0 saturated carbocycles. The van der Waals surface area contributed by atoms with E-state index in [1.165, 1.54) is 0 Å². The first-order valence-electron chi connectivity index (χ1n) is 30.1. The molecule has 7 N–H and O–H groups in total. The van der Waals surface area contributed by atoms with Crippen LogP contribution in [0.15, 0.2) is 72.8 Å². The van der Waals surface area contributed by atoms with Gasteiger partial charge in [-0.15, -0.1) is 0 Å². The molecule has 524 valence electrons. The van der Waals surface area contributed by atoms with Crippen LogP contribution in [0.1, 0.15) is 107 Å². The zero-order valence-electron chi connectivity index (χ0n) is 53.0. The molecular formula is C64H82N6O25S. The number of hydroxylamine groups is 4. The van der Waals surface area contributed by atoms with E-state index in [-0.39, 0.29) is 122 Å². The molecule has 2 aliphatic carbocycles. The summed E-state index contributed by atoms with van der Waals surface area (Å²) in [7, 11) is -0.491. The molecule has 4 unspecified atom stereocenters. The summed E-state index contributed by atoms with van der Waals surface area (Å²) < 4.78 is 68.2. The zero-order valence-corrected chi connectivity index (χ0v) is 53.8. The van der Waals surface area contributed by atoms with Crippen LogP contribution in [0.3, 0.4) is 0 Å². The van der Waals surface area contributed by atoms with E-state index in [1.54, 1.807) is 76.6 Å². The molecule has 0 aromatic heterocycles. The Morgan fingerprint density at radius 2 is 0.781 bits per heavy atom. The van der Waals surface area contributed by atoms with E-state index in [4.69, 9.17) is 62.3 Å². The molecule has 4 atom stereocenters. The largest absolute Gasteiger partial charge is 0.533 e. The van der Waals surface area contributed by atoms with E-state index in [2.05, 4.69) is 21.3 Å². The highest BCUT2D eigenvalue weighted by Crippen LogP contribution is 2.48. The molecule has 96 heavy (non-hydrogen) atoms. The Morgan fingerprint density at radius 3 is 1.05 bits per heavy atom. The molecule has 2 aliphatic heterocycles. The minimum atomic E-state index is -3.67. The van der Waals surface area contributed by atoms with Crippen LogP contribution in [-0.4, -0.2) is 205 Å². The summed E-state index contributed by atoms with van der Waals surface area (Å²) in [6.45, 7) is 4.06. The highest BCUT2D eigenvalue weighted by Gasteiger charge is 2.37. The lowest BCUT2D eigenvalue weighted by Gasteiger charge is -2.17. The Kier molecular flexibility index (Phi) is 31.4. The van der Waals surface area contributed by atoms with Crippen molar-refractivity contribution in [1.82, 2.24) is 10.1 Å². The van der Waals surface area contributed by atoms with Crippen molar-refractivity contribution in [1.29, 1.82) is 0 Å². The maximum absolute atomic E-state index is 12.5. The summed E-state index contributed by atoms with van der Waals surface area (Å²) in [5.74, 6) is -5.10. The first kappa shape index (κ1) is 77.9. The normalized spacial score (nSPS) is 15.4. The van der Waals surface area contributed by atoms with Gasteiger partial charge in [0.1, 0.15) is 39.6 Å². The Balaban J connectivity index is 0.000000321. The van der Waals surface area contributed by atoms with E-state index in [0.29, 0.717) is 91.2 Å². The topological polar surface area (TPSA) is 412 Å². The standard InChI is InChI=1S/2C31H37N3O11.CH4O3S.CH4/c2*1-19(10-11-35)43-18-28(37)33-21-5-7-23-22-6-4-20(32-27(36)17-42-13-3-12-41-2)14-24(22)26(25(23)15-21)16-44-31(40)45-34-29(38)8-9-30(34)39;1-5(2,3)4;/h2*4-7,14-15,19,26,35H,3,8-13,16-18H2,1-2H3,(H,32,36)(H,33,37);1H3,(H,2,3,4);1H4. The average Bonchev–Trinajstić information content (AvgIpc) is 1.62. The van der Waals surface area contributed by atoms with Crippen molar-refractivity contribution in [3.63, 3.8) is 0 Å². The highest BCUT2D eigenvalue weighted by atomic mass is 32.2. The number of carbonyl (C=O) groups is 10. The van der Waals surface area contributed by atoms with Gasteiger partial charge in [-0.2, -0.15) is 8.42 Å². The van der Waals surface area contributed by atoms with Gasteiger partial charge in [0.15, 0.2) is 0 Å². The van der Waals surface area contributed by atoms with Crippen molar-refractivity contribution in [3.8, 4) is 22.3 Å². The van der Waals surface area contributed by atoms with Crippen molar-refractivity contribution >= 4 is 92.4 Å². The van der Waals surface area contributed by atoms with E-state index in [1.807, 2.05) is 24.3 Å². The predicted octanol–water partition coefficient (Wildman–Crippen LogP) is 5.61. The highest BCUT2D eigenvalue weighted by molar-refractivity contribution is 7.85. The van der Waals surface area contributed by atoms with Crippen LogP contribution in [0, 0.1) is 0 Å². The molecule has 2 saturated heterocycles. The molecule has 0 spiro atoms. The average molecular weight is 1370 g/mol. The number of rotatable bonds is 32. The van der Waals surface area contributed by atoms with E-state index in [0.717, 1.165) is 44.5 Å². The van der Waals surface area contributed by atoms with Crippen LogP contribution in [0.5, 0.6) is 0 Å². The summed E-state index contributed by atoms with van der Waals surface area (Å²) in [4.78, 5) is 132. The van der Waals surface area contributed by atoms with Gasteiger partial charge in [-0.25, -0.2) is 9.59 Å². The SMILES string of the molecule is C.COCCCOCC(=O)Nc1ccc2c(c1)C(COC(=O)ON1C(=O)CCC1=O)c1cc(NC(=O)COC(C)CCO)ccc1-2.COCCCOCC(=O)Nc1ccc2c(c1)C(COC(=O)ON1C(=O)CCC1=O)c1cc(NC(=O)COC(C)CCO)ccc1-2.CS(=O)(=O)O. The van der Waals surface area contributed by atoms with Crippen molar-refractivity contribution < 1.29 is 119 Å². The molecule has 31 nitrogen and oxygen atoms in total. The number of carbonyl (C=O) groups excluding carboxylic acids is 10. The molecule has 2 heterocycles. The van der Waals surface area contributed by atoms with Crippen LogP contribution in [0.2, 0.25) is 0 Å². The van der Waals surface area contributed by atoms with Gasteiger partial charge in [0, 0.05) is 114 Å². The molecule has 8 amide bonds.